The molecule has 0 aliphatic heterocycles. The van der Waals surface area contributed by atoms with Gasteiger partial charge in [0.1, 0.15) is 11.5 Å². The van der Waals surface area contributed by atoms with Gasteiger partial charge in [0, 0.05) is 23.2 Å². The van der Waals surface area contributed by atoms with Crippen LogP contribution < -0.4 is 9.47 Å². The van der Waals surface area contributed by atoms with E-state index in [1.54, 1.807) is 30.6 Å². The average molecular weight is 437 g/mol. The van der Waals surface area contributed by atoms with E-state index in [9.17, 15) is 0 Å². The highest BCUT2D eigenvalue weighted by atomic mass is 32.2. The first kappa shape index (κ1) is 20.8. The summed E-state index contributed by atoms with van der Waals surface area (Å²) in [4.78, 5) is 11.3. The molecule has 30 heavy (non-hydrogen) atoms. The van der Waals surface area contributed by atoms with Crippen LogP contribution in [-0.2, 0) is 0 Å². The van der Waals surface area contributed by atoms with Gasteiger partial charge in [0.15, 0.2) is 0 Å². The van der Waals surface area contributed by atoms with Crippen LogP contribution in [0.5, 0.6) is 11.5 Å². The highest BCUT2D eigenvalue weighted by Crippen LogP contribution is 2.37. The summed E-state index contributed by atoms with van der Waals surface area (Å²) in [5, 5.41) is 2.13. The van der Waals surface area contributed by atoms with E-state index in [0.29, 0.717) is 6.61 Å². The van der Waals surface area contributed by atoms with Gasteiger partial charge in [-0.3, -0.25) is 9.97 Å². The van der Waals surface area contributed by atoms with E-state index >= 15 is 0 Å². The third kappa shape index (κ3) is 4.50. The smallest absolute Gasteiger partial charge is 0.143 e. The Morgan fingerprint density at radius 3 is 1.87 bits per heavy atom. The van der Waals surface area contributed by atoms with Gasteiger partial charge in [-0.25, -0.2) is 0 Å². The van der Waals surface area contributed by atoms with E-state index in [0.717, 1.165) is 61.0 Å². The minimum atomic E-state index is 0.645. The van der Waals surface area contributed by atoms with Crippen LogP contribution in [0.3, 0.4) is 0 Å². The lowest BCUT2D eigenvalue weighted by atomic mass is 10.2. The zero-order valence-electron chi connectivity index (χ0n) is 17.1. The molecule has 0 saturated heterocycles. The van der Waals surface area contributed by atoms with E-state index in [1.807, 2.05) is 55.7 Å². The minimum absolute atomic E-state index is 0.645. The Bertz CT molecular complexity index is 1150. The summed E-state index contributed by atoms with van der Waals surface area (Å²) >= 11 is 3.59. The first-order valence-electron chi connectivity index (χ1n) is 9.99. The fraction of sp³-hybridized carbons (Fsp3) is 0.250. The van der Waals surface area contributed by atoms with Crippen molar-refractivity contribution in [1.29, 1.82) is 0 Å². The second-order valence-corrected chi connectivity index (χ2v) is 8.90. The Kier molecular flexibility index (Phi) is 6.97. The van der Waals surface area contributed by atoms with Crippen molar-refractivity contribution in [3.05, 3.63) is 60.9 Å². The molecule has 0 radical (unpaired) electrons. The number of nitrogens with zero attached hydrogens (tertiary/aromatic N) is 2. The molecule has 6 heteroatoms. The number of hydrogen-bond acceptors (Lipinski definition) is 6. The molecule has 0 spiro atoms. The molecule has 0 atom stereocenters. The zero-order valence-corrected chi connectivity index (χ0v) is 18.8. The topological polar surface area (TPSA) is 44.2 Å². The van der Waals surface area contributed by atoms with E-state index in [4.69, 9.17) is 9.47 Å². The molecule has 0 aliphatic carbocycles. The van der Waals surface area contributed by atoms with Crippen LogP contribution in [0.4, 0.5) is 0 Å². The van der Waals surface area contributed by atoms with Crippen molar-refractivity contribution in [2.24, 2.45) is 0 Å². The molecule has 4 aromatic rings. The molecular formula is C24H24N2O2S2. The van der Waals surface area contributed by atoms with Crippen molar-refractivity contribution < 1.29 is 9.47 Å². The minimum Gasteiger partial charge on any atom is -0.495 e. The quantitative estimate of drug-likeness (QED) is 0.221. The molecule has 0 saturated carbocycles. The van der Waals surface area contributed by atoms with Gasteiger partial charge in [0.05, 0.1) is 34.5 Å². The van der Waals surface area contributed by atoms with Crippen LogP contribution in [0.2, 0.25) is 0 Å². The molecule has 0 amide bonds. The van der Waals surface area contributed by atoms with Crippen LogP contribution in [0, 0.1) is 0 Å². The predicted octanol–water partition coefficient (Wildman–Crippen LogP) is 6.46. The van der Waals surface area contributed by atoms with Crippen LogP contribution in [0.15, 0.2) is 70.7 Å². The Morgan fingerprint density at radius 2 is 1.30 bits per heavy atom. The lowest BCUT2D eigenvalue weighted by Crippen LogP contribution is -1.97. The average Bonchev–Trinajstić information content (AvgIpc) is 2.79. The fourth-order valence-corrected chi connectivity index (χ4v) is 5.41. The molecule has 2 aromatic carbocycles. The molecule has 4 rings (SSSR count). The second-order valence-electron chi connectivity index (χ2n) is 6.63. The first-order chi connectivity index (χ1) is 14.8. The normalized spacial score (nSPS) is 11.1. The largest absolute Gasteiger partial charge is 0.495 e. The van der Waals surface area contributed by atoms with Gasteiger partial charge in [0.25, 0.3) is 0 Å². The van der Waals surface area contributed by atoms with Gasteiger partial charge >= 0.3 is 0 Å². The standard InChI is InChI=1S/C24H24N2O2S2/c1-3-28-24-18-10-5-7-12-20(18)26-16-22(24)30-14-8-13-29-21-15-25-19-11-6-4-9-17(19)23(21)27-2/h4-7,9-12,15-16H,3,8,13-14H2,1-2H3. The predicted molar refractivity (Wildman–Crippen MR) is 127 cm³/mol. The molecule has 2 heterocycles. The number of benzene rings is 2. The van der Waals surface area contributed by atoms with Gasteiger partial charge < -0.3 is 9.47 Å². The van der Waals surface area contributed by atoms with E-state index in [-0.39, 0.29) is 0 Å². The fourth-order valence-electron chi connectivity index (χ4n) is 3.33. The molecular weight excluding hydrogens is 412 g/mol. The summed E-state index contributed by atoms with van der Waals surface area (Å²) in [6.45, 7) is 2.66. The van der Waals surface area contributed by atoms with Crippen molar-refractivity contribution in [1.82, 2.24) is 9.97 Å². The maximum absolute atomic E-state index is 5.96. The second kappa shape index (κ2) is 10.0. The Labute approximate surface area is 185 Å². The first-order valence-corrected chi connectivity index (χ1v) is 12.0. The van der Waals surface area contributed by atoms with Gasteiger partial charge in [-0.1, -0.05) is 24.3 Å². The van der Waals surface area contributed by atoms with Crippen molar-refractivity contribution in [2.45, 2.75) is 23.1 Å². The monoisotopic (exact) mass is 436 g/mol. The number of methoxy groups -OCH3 is 1. The summed E-state index contributed by atoms with van der Waals surface area (Å²) in [5.41, 5.74) is 1.93. The highest BCUT2D eigenvalue weighted by Gasteiger charge is 2.12. The molecule has 0 fully saturated rings. The molecule has 154 valence electrons. The number of thioether (sulfide) groups is 2. The van der Waals surface area contributed by atoms with Crippen LogP contribution >= 0.6 is 23.5 Å². The van der Waals surface area contributed by atoms with E-state index in [1.165, 1.54) is 0 Å². The zero-order chi connectivity index (χ0) is 20.8. The number of fused-ring (bicyclic) bond motifs is 2. The van der Waals surface area contributed by atoms with Gasteiger partial charge in [-0.2, -0.15) is 0 Å². The number of pyridine rings is 2. The molecule has 0 N–H and O–H groups in total. The SMILES string of the molecule is CCOc1c(SCCCSc2cnc3ccccc3c2OC)cnc2ccccc12. The lowest BCUT2D eigenvalue weighted by Gasteiger charge is -2.13. The van der Waals surface area contributed by atoms with Crippen LogP contribution in [0.1, 0.15) is 13.3 Å². The summed E-state index contributed by atoms with van der Waals surface area (Å²) in [6.07, 6.45) is 4.91. The lowest BCUT2D eigenvalue weighted by molar-refractivity contribution is 0.336. The molecule has 0 bridgehead atoms. The summed E-state index contributed by atoms with van der Waals surface area (Å²) in [5.74, 6) is 3.85. The number of aromatic nitrogens is 2. The molecule has 0 aliphatic rings. The summed E-state index contributed by atoms with van der Waals surface area (Å²) < 4.78 is 11.6. The third-order valence-electron chi connectivity index (χ3n) is 4.68. The van der Waals surface area contributed by atoms with Gasteiger partial charge in [-0.15, -0.1) is 23.5 Å². The van der Waals surface area contributed by atoms with E-state index < -0.39 is 0 Å². The number of hydrogen-bond donors (Lipinski definition) is 0. The third-order valence-corrected chi connectivity index (χ3v) is 6.87. The molecule has 2 aromatic heterocycles. The Morgan fingerprint density at radius 1 is 0.767 bits per heavy atom. The summed E-state index contributed by atoms with van der Waals surface area (Å²) in [7, 11) is 1.73. The number of rotatable bonds is 9. The van der Waals surface area contributed by atoms with Crippen LogP contribution in [0.25, 0.3) is 21.8 Å². The summed E-state index contributed by atoms with van der Waals surface area (Å²) in [6, 6.07) is 16.2. The van der Waals surface area contributed by atoms with Crippen LogP contribution in [-0.4, -0.2) is 35.2 Å². The number of para-hydroxylation sites is 2. The van der Waals surface area contributed by atoms with Crippen molar-refractivity contribution >= 4 is 45.3 Å². The van der Waals surface area contributed by atoms with Crippen molar-refractivity contribution in [3.63, 3.8) is 0 Å². The maximum Gasteiger partial charge on any atom is 0.143 e. The van der Waals surface area contributed by atoms with E-state index in [2.05, 4.69) is 22.1 Å². The molecule has 0 unspecified atom stereocenters. The highest BCUT2D eigenvalue weighted by molar-refractivity contribution is 8.00. The van der Waals surface area contributed by atoms with Crippen molar-refractivity contribution in [2.75, 3.05) is 25.2 Å². The Balaban J connectivity index is 1.39. The number of ether oxygens (including phenoxy) is 2. The maximum atomic E-state index is 5.96. The van der Waals surface area contributed by atoms with Gasteiger partial charge in [-0.05, 0) is 49.1 Å². The Hall–Kier alpha value is -2.44. The van der Waals surface area contributed by atoms with Gasteiger partial charge in [0.2, 0.25) is 0 Å². The molecule has 4 nitrogen and oxygen atoms in total. The van der Waals surface area contributed by atoms with Crippen molar-refractivity contribution in [3.8, 4) is 11.5 Å².